The summed E-state index contributed by atoms with van der Waals surface area (Å²) in [7, 11) is 0. The Balaban J connectivity index is 0.000000994. The maximum Gasteiger partial charge on any atom is 0.341 e. The highest BCUT2D eigenvalue weighted by Crippen LogP contribution is 2.93. The molecule has 0 bridgehead atoms. The van der Waals surface area contributed by atoms with E-state index in [2.05, 4.69) is 10.4 Å². The molecule has 1 aromatic heterocycles. The summed E-state index contributed by atoms with van der Waals surface area (Å²) in [6, 6.07) is 3.36. The van der Waals surface area contributed by atoms with Gasteiger partial charge in [-0.1, -0.05) is 25.4 Å². The van der Waals surface area contributed by atoms with Crippen LogP contribution in [0.4, 0.5) is 5.82 Å². The molecule has 3 aliphatic carbocycles. The molecule has 3 saturated carbocycles. The van der Waals surface area contributed by atoms with Crippen LogP contribution in [0.1, 0.15) is 63.2 Å². The molecule has 2 spiro atoms. The molecule has 0 amide bonds. The highest BCUT2D eigenvalue weighted by Gasteiger charge is 2.85. The summed E-state index contributed by atoms with van der Waals surface area (Å²) in [6.45, 7) is 6.83. The number of anilines is 1. The summed E-state index contributed by atoms with van der Waals surface area (Å²) in [5, 5.41) is 1.89. The van der Waals surface area contributed by atoms with Gasteiger partial charge in [-0.25, -0.2) is 9.78 Å². The zero-order chi connectivity index (χ0) is 20.6. The molecule has 1 N–H and O–H groups in total. The number of rotatable bonds is 7. The molecular weight excluding hydrogens is 390 g/mol. The molecule has 2 heterocycles. The molecule has 1 aromatic rings. The lowest BCUT2D eigenvalue weighted by atomic mass is 10.2. The fraction of sp³-hybridized carbons (Fsp3) is 0.636. The number of nitrogens with one attached hydrogen (secondary N) is 1. The number of carbonyl (C=O) groups is 1. The van der Waals surface area contributed by atoms with Crippen molar-refractivity contribution in [3.05, 3.63) is 35.1 Å². The third-order valence-electron chi connectivity index (χ3n) is 6.78. The Morgan fingerprint density at radius 2 is 1.97 bits per heavy atom. The van der Waals surface area contributed by atoms with Gasteiger partial charge in [0.15, 0.2) is 0 Å². The second-order valence-electron chi connectivity index (χ2n) is 8.01. The van der Waals surface area contributed by atoms with Crippen molar-refractivity contribution in [1.82, 2.24) is 10.4 Å². The number of halogens is 1. The second kappa shape index (κ2) is 7.89. The van der Waals surface area contributed by atoms with Crippen LogP contribution in [-0.2, 0) is 9.47 Å². The van der Waals surface area contributed by atoms with Crippen molar-refractivity contribution >= 4 is 23.4 Å². The van der Waals surface area contributed by atoms with Crippen LogP contribution in [0, 0.1) is 16.7 Å². The largest absolute Gasteiger partial charge is 0.462 e. The summed E-state index contributed by atoms with van der Waals surface area (Å²) in [4.78, 5) is 16.1. The monoisotopic (exact) mass is 419 g/mol. The zero-order valence-electron chi connectivity index (χ0n) is 17.4. The first kappa shape index (κ1) is 20.6. The van der Waals surface area contributed by atoms with Crippen LogP contribution in [0.2, 0.25) is 5.15 Å². The Morgan fingerprint density at radius 1 is 1.28 bits per heavy atom. The van der Waals surface area contributed by atoms with E-state index >= 15 is 0 Å². The quantitative estimate of drug-likeness (QED) is 0.510. The SMILES string of the molecule is CC.CCOC(=O)c1ccc(N2C=CC(OCCC3C4(CC4)C34CC4)N2)nc1Cl. The van der Waals surface area contributed by atoms with Crippen LogP contribution in [-0.4, -0.2) is 30.4 Å². The first-order valence-electron chi connectivity index (χ1n) is 10.8. The summed E-state index contributed by atoms with van der Waals surface area (Å²) >= 11 is 6.14. The van der Waals surface area contributed by atoms with Crippen LogP contribution < -0.4 is 10.4 Å². The third-order valence-corrected chi connectivity index (χ3v) is 7.06. The van der Waals surface area contributed by atoms with E-state index in [0.717, 1.165) is 23.4 Å². The molecule has 0 radical (unpaired) electrons. The molecule has 4 aliphatic rings. The van der Waals surface area contributed by atoms with Crippen molar-refractivity contribution in [3.63, 3.8) is 0 Å². The minimum Gasteiger partial charge on any atom is -0.462 e. The Kier molecular flexibility index (Phi) is 5.62. The third kappa shape index (κ3) is 3.56. The lowest BCUT2D eigenvalue weighted by molar-refractivity contribution is 0.0525. The van der Waals surface area contributed by atoms with Crippen LogP contribution in [0.5, 0.6) is 0 Å². The molecular formula is C22H30ClN3O3. The number of aromatic nitrogens is 1. The molecule has 0 aromatic carbocycles. The van der Waals surface area contributed by atoms with Gasteiger partial charge in [0.1, 0.15) is 17.2 Å². The number of carbonyl (C=O) groups excluding carboxylic acids is 1. The molecule has 3 fully saturated rings. The van der Waals surface area contributed by atoms with E-state index in [9.17, 15) is 4.79 Å². The van der Waals surface area contributed by atoms with E-state index in [1.165, 1.54) is 32.1 Å². The fourth-order valence-corrected chi connectivity index (χ4v) is 5.44. The van der Waals surface area contributed by atoms with Gasteiger partial charge in [-0.05, 0) is 74.0 Å². The Labute approximate surface area is 177 Å². The van der Waals surface area contributed by atoms with Gasteiger partial charge in [-0.15, -0.1) is 0 Å². The summed E-state index contributed by atoms with van der Waals surface area (Å²) in [6.07, 6.45) is 10.6. The van der Waals surface area contributed by atoms with Crippen molar-refractivity contribution in [1.29, 1.82) is 0 Å². The van der Waals surface area contributed by atoms with E-state index in [4.69, 9.17) is 21.1 Å². The first-order chi connectivity index (χ1) is 14.1. The number of nitrogens with zero attached hydrogens (tertiary/aromatic N) is 2. The highest BCUT2D eigenvalue weighted by molar-refractivity contribution is 6.32. The first-order valence-corrected chi connectivity index (χ1v) is 11.2. The zero-order valence-corrected chi connectivity index (χ0v) is 18.2. The normalized spacial score (nSPS) is 24.4. The fourth-order valence-electron chi connectivity index (χ4n) is 5.21. The van der Waals surface area contributed by atoms with Crippen molar-refractivity contribution in [2.45, 2.75) is 59.1 Å². The standard InChI is InChI=1S/C20H24ClN3O3.C2H6/c1-2-26-18(25)13-3-4-15(22-17(13)21)24-11-5-16(23-24)27-12-6-14-19(7-8-19)20(14)9-10-20;1-2/h3-5,11,14,16,23H,2,6-10,12H2,1H3;1-2H3. The molecule has 29 heavy (non-hydrogen) atoms. The smallest absolute Gasteiger partial charge is 0.341 e. The Morgan fingerprint density at radius 3 is 2.55 bits per heavy atom. The number of esters is 1. The molecule has 7 heteroatoms. The van der Waals surface area contributed by atoms with Gasteiger partial charge in [0, 0.05) is 12.8 Å². The van der Waals surface area contributed by atoms with E-state index in [-0.39, 0.29) is 16.9 Å². The van der Waals surface area contributed by atoms with E-state index in [0.29, 0.717) is 12.4 Å². The van der Waals surface area contributed by atoms with Gasteiger partial charge in [0.2, 0.25) is 0 Å². The number of hydrogen-bond acceptors (Lipinski definition) is 6. The lowest BCUT2D eigenvalue weighted by Crippen LogP contribution is -2.37. The summed E-state index contributed by atoms with van der Waals surface area (Å²) in [5.74, 6) is 1.04. The Bertz CT molecular complexity index is 786. The van der Waals surface area contributed by atoms with Crippen LogP contribution >= 0.6 is 11.6 Å². The maximum absolute atomic E-state index is 11.8. The minimum absolute atomic E-state index is 0.128. The van der Waals surface area contributed by atoms with Crippen molar-refractivity contribution in [3.8, 4) is 0 Å². The number of pyridine rings is 1. The maximum atomic E-state index is 11.8. The second-order valence-corrected chi connectivity index (χ2v) is 8.37. The number of ether oxygens (including phenoxy) is 2. The molecule has 158 valence electrons. The summed E-state index contributed by atoms with van der Waals surface area (Å²) < 4.78 is 11.0. The van der Waals surface area contributed by atoms with Crippen LogP contribution in [0.3, 0.4) is 0 Å². The molecule has 1 atom stereocenters. The van der Waals surface area contributed by atoms with E-state index in [1.807, 2.05) is 26.1 Å². The van der Waals surface area contributed by atoms with E-state index < -0.39 is 5.97 Å². The van der Waals surface area contributed by atoms with Crippen molar-refractivity contribution < 1.29 is 14.3 Å². The lowest BCUT2D eigenvalue weighted by Gasteiger charge is -2.19. The Hall–Kier alpha value is -1.63. The van der Waals surface area contributed by atoms with Gasteiger partial charge in [-0.2, -0.15) is 5.43 Å². The molecule has 0 saturated heterocycles. The van der Waals surface area contributed by atoms with Crippen LogP contribution in [0.25, 0.3) is 0 Å². The van der Waals surface area contributed by atoms with Gasteiger partial charge in [0.05, 0.1) is 12.2 Å². The highest BCUT2D eigenvalue weighted by atomic mass is 35.5. The number of hydrazine groups is 1. The van der Waals surface area contributed by atoms with Crippen molar-refractivity contribution in [2.24, 2.45) is 16.7 Å². The van der Waals surface area contributed by atoms with Gasteiger partial charge in [-0.3, -0.25) is 5.01 Å². The molecule has 1 aliphatic heterocycles. The summed E-state index contributed by atoms with van der Waals surface area (Å²) in [5.41, 5.74) is 4.98. The van der Waals surface area contributed by atoms with E-state index in [1.54, 1.807) is 24.1 Å². The average Bonchev–Trinajstić information content (AvgIpc) is 3.68. The molecule has 1 unspecified atom stereocenters. The van der Waals surface area contributed by atoms with Gasteiger partial charge >= 0.3 is 5.97 Å². The number of hydrogen-bond donors (Lipinski definition) is 1. The predicted octanol–water partition coefficient (Wildman–Crippen LogP) is 4.70. The minimum atomic E-state index is -0.463. The van der Waals surface area contributed by atoms with Gasteiger partial charge < -0.3 is 9.47 Å². The topological polar surface area (TPSA) is 63.7 Å². The average molecular weight is 420 g/mol. The predicted molar refractivity (Wildman–Crippen MR) is 112 cm³/mol. The number of fused-ring (bicyclic) bond motifs is 1. The molecule has 5 rings (SSSR count). The van der Waals surface area contributed by atoms with Gasteiger partial charge in [0.25, 0.3) is 0 Å². The molecule has 6 nitrogen and oxygen atoms in total. The van der Waals surface area contributed by atoms with Crippen LogP contribution in [0.15, 0.2) is 24.4 Å². The van der Waals surface area contributed by atoms with Crippen molar-refractivity contribution in [2.75, 3.05) is 18.2 Å².